The SMILES string of the molecule is CC(C)c1nc(N)cn1C1CCCNC1. The zero-order valence-electron chi connectivity index (χ0n) is 9.53. The Labute approximate surface area is 90.9 Å². The maximum atomic E-state index is 5.77. The Morgan fingerprint density at radius 2 is 2.40 bits per heavy atom. The lowest BCUT2D eigenvalue weighted by Gasteiger charge is -2.26. The Morgan fingerprint density at radius 3 is 3.00 bits per heavy atom. The van der Waals surface area contributed by atoms with Crippen molar-refractivity contribution in [3.63, 3.8) is 0 Å². The van der Waals surface area contributed by atoms with Gasteiger partial charge < -0.3 is 15.6 Å². The van der Waals surface area contributed by atoms with Crippen molar-refractivity contribution < 1.29 is 0 Å². The van der Waals surface area contributed by atoms with Crippen molar-refractivity contribution in [1.82, 2.24) is 14.9 Å². The van der Waals surface area contributed by atoms with Crippen molar-refractivity contribution in [3.8, 4) is 0 Å². The normalized spacial score (nSPS) is 22.2. The standard InChI is InChI=1S/C11H20N4/c1-8(2)11-14-10(12)7-15(11)9-4-3-5-13-6-9/h7-9,13H,3-6,12H2,1-2H3. The zero-order chi connectivity index (χ0) is 10.8. The number of nitrogens with zero attached hydrogens (tertiary/aromatic N) is 2. The van der Waals surface area contributed by atoms with Gasteiger partial charge in [0, 0.05) is 24.7 Å². The van der Waals surface area contributed by atoms with Gasteiger partial charge in [-0.05, 0) is 19.4 Å². The summed E-state index contributed by atoms with van der Waals surface area (Å²) in [6.07, 6.45) is 4.44. The van der Waals surface area contributed by atoms with Crippen LogP contribution in [0, 0.1) is 0 Å². The van der Waals surface area contributed by atoms with Gasteiger partial charge in [-0.1, -0.05) is 13.8 Å². The van der Waals surface area contributed by atoms with E-state index in [2.05, 4.69) is 28.7 Å². The maximum absolute atomic E-state index is 5.77. The summed E-state index contributed by atoms with van der Waals surface area (Å²) in [7, 11) is 0. The molecule has 1 aromatic rings. The van der Waals surface area contributed by atoms with Crippen LogP contribution >= 0.6 is 0 Å². The molecule has 4 nitrogen and oxygen atoms in total. The van der Waals surface area contributed by atoms with Gasteiger partial charge in [-0.15, -0.1) is 0 Å². The number of nitrogens with one attached hydrogen (secondary N) is 1. The van der Waals surface area contributed by atoms with Crippen LogP contribution in [0.1, 0.15) is 44.5 Å². The summed E-state index contributed by atoms with van der Waals surface area (Å²) in [5, 5.41) is 3.42. The number of nitrogen functional groups attached to an aromatic ring is 1. The van der Waals surface area contributed by atoms with E-state index in [0.29, 0.717) is 17.8 Å². The number of hydrogen-bond donors (Lipinski definition) is 2. The number of anilines is 1. The van der Waals surface area contributed by atoms with Gasteiger partial charge >= 0.3 is 0 Å². The summed E-state index contributed by atoms with van der Waals surface area (Å²) >= 11 is 0. The van der Waals surface area contributed by atoms with Crippen LogP contribution in [0.15, 0.2) is 6.20 Å². The monoisotopic (exact) mass is 208 g/mol. The molecule has 0 amide bonds. The number of hydrogen-bond acceptors (Lipinski definition) is 3. The Balaban J connectivity index is 2.25. The fraction of sp³-hybridized carbons (Fsp3) is 0.727. The van der Waals surface area contributed by atoms with Crippen molar-refractivity contribution in [3.05, 3.63) is 12.0 Å². The topological polar surface area (TPSA) is 55.9 Å². The van der Waals surface area contributed by atoms with Crippen LogP contribution in [0.2, 0.25) is 0 Å². The molecule has 4 heteroatoms. The molecule has 1 atom stereocenters. The van der Waals surface area contributed by atoms with E-state index >= 15 is 0 Å². The third-order valence-electron chi connectivity index (χ3n) is 2.96. The van der Waals surface area contributed by atoms with Gasteiger partial charge in [-0.25, -0.2) is 4.98 Å². The molecular weight excluding hydrogens is 188 g/mol. The van der Waals surface area contributed by atoms with Crippen molar-refractivity contribution in [1.29, 1.82) is 0 Å². The summed E-state index contributed by atoms with van der Waals surface area (Å²) in [6.45, 7) is 6.50. The lowest BCUT2D eigenvalue weighted by Crippen LogP contribution is -2.32. The van der Waals surface area contributed by atoms with Crippen LogP contribution in [0.4, 0.5) is 5.82 Å². The van der Waals surface area contributed by atoms with Crippen LogP contribution in [0.3, 0.4) is 0 Å². The molecule has 2 heterocycles. The van der Waals surface area contributed by atoms with Crippen molar-refractivity contribution in [2.75, 3.05) is 18.8 Å². The lowest BCUT2D eigenvalue weighted by molar-refractivity contribution is 0.360. The number of rotatable bonds is 2. The van der Waals surface area contributed by atoms with E-state index in [4.69, 9.17) is 5.73 Å². The first-order valence-corrected chi connectivity index (χ1v) is 5.73. The van der Waals surface area contributed by atoms with Crippen molar-refractivity contribution in [2.45, 2.75) is 38.6 Å². The van der Waals surface area contributed by atoms with Gasteiger partial charge in [0.05, 0.1) is 0 Å². The van der Waals surface area contributed by atoms with E-state index in [9.17, 15) is 0 Å². The van der Waals surface area contributed by atoms with E-state index in [0.717, 1.165) is 18.9 Å². The molecule has 0 aromatic carbocycles. The predicted octanol–water partition coefficient (Wildman–Crippen LogP) is 1.51. The lowest BCUT2D eigenvalue weighted by atomic mass is 10.1. The Morgan fingerprint density at radius 1 is 1.60 bits per heavy atom. The average molecular weight is 208 g/mol. The molecule has 2 rings (SSSR count). The summed E-state index contributed by atoms with van der Waals surface area (Å²) in [4.78, 5) is 4.40. The quantitative estimate of drug-likeness (QED) is 0.774. The van der Waals surface area contributed by atoms with E-state index in [1.165, 1.54) is 12.8 Å². The second kappa shape index (κ2) is 4.23. The number of aromatic nitrogens is 2. The largest absolute Gasteiger partial charge is 0.382 e. The molecule has 1 aromatic heterocycles. The molecule has 1 aliphatic heterocycles. The van der Waals surface area contributed by atoms with Gasteiger partial charge in [-0.3, -0.25) is 0 Å². The first-order chi connectivity index (χ1) is 7.18. The number of nitrogens with two attached hydrogens (primary N) is 1. The smallest absolute Gasteiger partial charge is 0.141 e. The second-order valence-electron chi connectivity index (χ2n) is 4.59. The molecule has 3 N–H and O–H groups in total. The zero-order valence-corrected chi connectivity index (χ0v) is 9.53. The molecule has 0 aliphatic carbocycles. The summed E-state index contributed by atoms with van der Waals surface area (Å²) < 4.78 is 2.26. The van der Waals surface area contributed by atoms with Crippen LogP contribution < -0.4 is 11.1 Å². The van der Waals surface area contributed by atoms with Crippen molar-refractivity contribution >= 4 is 5.82 Å². The van der Waals surface area contributed by atoms with Gasteiger partial charge in [0.2, 0.25) is 0 Å². The van der Waals surface area contributed by atoms with Gasteiger partial charge in [0.1, 0.15) is 11.6 Å². The molecule has 1 unspecified atom stereocenters. The number of piperidine rings is 1. The molecule has 1 saturated heterocycles. The fourth-order valence-electron chi connectivity index (χ4n) is 2.22. The molecule has 1 aliphatic rings. The molecule has 0 spiro atoms. The van der Waals surface area contributed by atoms with E-state index in [1.54, 1.807) is 0 Å². The fourth-order valence-corrected chi connectivity index (χ4v) is 2.22. The summed E-state index contributed by atoms with van der Waals surface area (Å²) in [6, 6.07) is 0.529. The molecule has 15 heavy (non-hydrogen) atoms. The predicted molar refractivity (Wildman–Crippen MR) is 61.9 cm³/mol. The first-order valence-electron chi connectivity index (χ1n) is 5.73. The molecule has 84 valence electrons. The van der Waals surface area contributed by atoms with Crippen LogP contribution in [-0.4, -0.2) is 22.6 Å². The minimum absolute atomic E-state index is 0.434. The molecule has 0 bridgehead atoms. The number of imidazole rings is 1. The maximum Gasteiger partial charge on any atom is 0.141 e. The Bertz CT molecular complexity index is 323. The molecule has 0 radical (unpaired) electrons. The molecule has 0 saturated carbocycles. The highest BCUT2D eigenvalue weighted by atomic mass is 15.1. The minimum Gasteiger partial charge on any atom is -0.382 e. The summed E-state index contributed by atoms with van der Waals surface area (Å²) in [5.41, 5.74) is 5.77. The first kappa shape index (κ1) is 10.5. The van der Waals surface area contributed by atoms with Crippen molar-refractivity contribution in [2.24, 2.45) is 0 Å². The van der Waals surface area contributed by atoms with Gasteiger partial charge in [-0.2, -0.15) is 0 Å². The average Bonchev–Trinajstić information content (AvgIpc) is 2.62. The van der Waals surface area contributed by atoms with Crippen LogP contribution in [-0.2, 0) is 0 Å². The highest BCUT2D eigenvalue weighted by Crippen LogP contribution is 2.24. The van der Waals surface area contributed by atoms with Crippen LogP contribution in [0.5, 0.6) is 0 Å². The van der Waals surface area contributed by atoms with E-state index in [-0.39, 0.29) is 0 Å². The van der Waals surface area contributed by atoms with E-state index in [1.807, 2.05) is 6.20 Å². The highest BCUT2D eigenvalue weighted by molar-refractivity contribution is 5.27. The van der Waals surface area contributed by atoms with Crippen LogP contribution in [0.25, 0.3) is 0 Å². The Kier molecular flexibility index (Phi) is 2.95. The summed E-state index contributed by atoms with van der Waals surface area (Å²) in [5.74, 6) is 2.19. The van der Waals surface area contributed by atoms with E-state index < -0.39 is 0 Å². The molecular formula is C11H20N4. The third kappa shape index (κ3) is 2.15. The third-order valence-corrected chi connectivity index (χ3v) is 2.96. The highest BCUT2D eigenvalue weighted by Gasteiger charge is 2.19. The minimum atomic E-state index is 0.434. The second-order valence-corrected chi connectivity index (χ2v) is 4.59. The Hall–Kier alpha value is -1.03. The van der Waals surface area contributed by atoms with Gasteiger partial charge in [0.15, 0.2) is 0 Å². The molecule has 1 fully saturated rings. The van der Waals surface area contributed by atoms with Gasteiger partial charge in [0.25, 0.3) is 0 Å².